The molecule has 5 heteroatoms. The quantitative estimate of drug-likeness (QED) is 0.502. The van der Waals surface area contributed by atoms with Crippen molar-refractivity contribution in [2.24, 2.45) is 0 Å². The molecule has 0 amide bonds. The Hall–Kier alpha value is -2.43. The maximum absolute atomic E-state index is 12.3. The number of esters is 1. The number of para-hydroxylation sites is 2. The van der Waals surface area contributed by atoms with Crippen molar-refractivity contribution in [3.8, 4) is 0 Å². The number of benzene rings is 1. The van der Waals surface area contributed by atoms with Crippen LogP contribution in [0.2, 0.25) is 0 Å². The van der Waals surface area contributed by atoms with Crippen molar-refractivity contribution < 1.29 is 9.53 Å². The summed E-state index contributed by atoms with van der Waals surface area (Å²) >= 11 is 0. The Morgan fingerprint density at radius 2 is 1.83 bits per heavy atom. The van der Waals surface area contributed by atoms with Gasteiger partial charge in [-0.2, -0.15) is 0 Å². The van der Waals surface area contributed by atoms with Gasteiger partial charge in [-0.05, 0) is 25.5 Å². The summed E-state index contributed by atoms with van der Waals surface area (Å²) < 4.78 is 7.08. The van der Waals surface area contributed by atoms with Gasteiger partial charge in [0.05, 0.1) is 18.1 Å². The molecule has 2 aromatic heterocycles. The molecular weight excluding hydrogens is 302 g/mol. The maximum Gasteiger partial charge on any atom is 0.341 e. The average Bonchev–Trinajstić information content (AvgIpc) is 2.87. The molecule has 0 spiro atoms. The maximum atomic E-state index is 12.3. The molecule has 0 saturated heterocycles. The van der Waals surface area contributed by atoms with Crippen LogP contribution >= 0.6 is 0 Å². The minimum Gasteiger partial charge on any atom is -0.465 e. The lowest BCUT2D eigenvalue weighted by Crippen LogP contribution is -2.06. The first-order valence-corrected chi connectivity index (χ1v) is 8.51. The summed E-state index contributed by atoms with van der Waals surface area (Å²) in [4.78, 5) is 21.7. The first kappa shape index (κ1) is 16.4. The van der Waals surface area contributed by atoms with Gasteiger partial charge in [0.2, 0.25) is 0 Å². The number of aryl methyl sites for hydroxylation is 1. The molecule has 0 unspecified atom stereocenters. The standard InChI is InChI=1S/C19H23N3O2/c1-4-5-6-9-12-22-13(2)16(19(23)24-3)17-18(22)21-15-11-8-7-10-14(15)20-17/h7-8,10-11H,4-6,9,12H2,1-3H3. The summed E-state index contributed by atoms with van der Waals surface area (Å²) in [5.74, 6) is -0.352. The lowest BCUT2D eigenvalue weighted by molar-refractivity contribution is 0.0601. The Balaban J connectivity index is 2.16. The molecule has 1 aromatic carbocycles. The summed E-state index contributed by atoms with van der Waals surface area (Å²) in [6.07, 6.45) is 4.65. The van der Waals surface area contributed by atoms with Crippen LogP contribution in [0.5, 0.6) is 0 Å². The second-order valence-corrected chi connectivity index (χ2v) is 6.05. The molecule has 5 nitrogen and oxygen atoms in total. The first-order valence-electron chi connectivity index (χ1n) is 8.51. The highest BCUT2D eigenvalue weighted by Gasteiger charge is 2.23. The minimum absolute atomic E-state index is 0.352. The predicted octanol–water partition coefficient (Wildman–Crippen LogP) is 4.26. The van der Waals surface area contributed by atoms with E-state index in [4.69, 9.17) is 9.72 Å². The van der Waals surface area contributed by atoms with Crippen molar-refractivity contribution >= 4 is 28.2 Å². The molecule has 0 aliphatic carbocycles. The smallest absolute Gasteiger partial charge is 0.341 e. The summed E-state index contributed by atoms with van der Waals surface area (Å²) in [5.41, 5.74) is 4.44. The SMILES string of the molecule is CCCCCCn1c(C)c(C(=O)OC)c2nc3ccccc3nc21. The Labute approximate surface area is 141 Å². The monoisotopic (exact) mass is 325 g/mol. The number of fused-ring (bicyclic) bond motifs is 2. The van der Waals surface area contributed by atoms with Crippen LogP contribution in [0.25, 0.3) is 22.2 Å². The topological polar surface area (TPSA) is 57.0 Å². The van der Waals surface area contributed by atoms with E-state index in [0.29, 0.717) is 11.1 Å². The molecule has 3 aromatic rings. The Bertz CT molecular complexity index is 883. The zero-order valence-electron chi connectivity index (χ0n) is 14.5. The van der Waals surface area contributed by atoms with E-state index in [-0.39, 0.29) is 5.97 Å². The molecule has 0 aliphatic rings. The van der Waals surface area contributed by atoms with Crippen LogP contribution in [0.1, 0.15) is 48.7 Å². The van der Waals surface area contributed by atoms with E-state index in [0.717, 1.165) is 35.3 Å². The van der Waals surface area contributed by atoms with Crippen LogP contribution in [0.3, 0.4) is 0 Å². The van der Waals surface area contributed by atoms with Gasteiger partial charge in [-0.1, -0.05) is 38.3 Å². The number of rotatable bonds is 6. The molecule has 0 saturated carbocycles. The number of ether oxygens (including phenoxy) is 1. The van der Waals surface area contributed by atoms with E-state index >= 15 is 0 Å². The van der Waals surface area contributed by atoms with E-state index in [1.54, 1.807) is 0 Å². The molecule has 0 N–H and O–H groups in total. The van der Waals surface area contributed by atoms with Crippen molar-refractivity contribution in [2.45, 2.75) is 46.1 Å². The number of hydrogen-bond donors (Lipinski definition) is 0. The van der Waals surface area contributed by atoms with Gasteiger partial charge in [0.15, 0.2) is 5.65 Å². The molecule has 126 valence electrons. The second kappa shape index (κ2) is 6.99. The summed E-state index contributed by atoms with van der Waals surface area (Å²) in [7, 11) is 1.40. The highest BCUT2D eigenvalue weighted by molar-refractivity contribution is 6.04. The van der Waals surface area contributed by atoms with Crippen molar-refractivity contribution in [3.05, 3.63) is 35.5 Å². The fourth-order valence-electron chi connectivity index (χ4n) is 3.13. The summed E-state index contributed by atoms with van der Waals surface area (Å²) in [6.45, 7) is 4.98. The highest BCUT2D eigenvalue weighted by atomic mass is 16.5. The van der Waals surface area contributed by atoms with Crippen molar-refractivity contribution in [2.75, 3.05) is 7.11 Å². The number of methoxy groups -OCH3 is 1. The predicted molar refractivity (Wildman–Crippen MR) is 95.3 cm³/mol. The lowest BCUT2D eigenvalue weighted by atomic mass is 10.2. The molecular formula is C19H23N3O2. The number of hydrogen-bond acceptors (Lipinski definition) is 4. The van der Waals surface area contributed by atoms with E-state index in [1.807, 2.05) is 31.2 Å². The van der Waals surface area contributed by atoms with Crippen molar-refractivity contribution in [1.82, 2.24) is 14.5 Å². The zero-order chi connectivity index (χ0) is 17.1. The second-order valence-electron chi connectivity index (χ2n) is 6.05. The number of unbranched alkanes of at least 4 members (excludes halogenated alkanes) is 3. The van der Waals surface area contributed by atoms with E-state index in [2.05, 4.69) is 16.5 Å². The fourth-order valence-corrected chi connectivity index (χ4v) is 3.13. The van der Waals surface area contributed by atoms with Crippen LogP contribution in [0, 0.1) is 6.92 Å². The molecule has 24 heavy (non-hydrogen) atoms. The lowest BCUT2D eigenvalue weighted by Gasteiger charge is -2.07. The van der Waals surface area contributed by atoms with Gasteiger partial charge in [0.1, 0.15) is 11.1 Å². The normalized spacial score (nSPS) is 11.3. The molecule has 0 radical (unpaired) electrons. The molecule has 0 bridgehead atoms. The van der Waals surface area contributed by atoms with E-state index in [1.165, 1.54) is 26.4 Å². The molecule has 0 aliphatic heterocycles. The molecule has 0 atom stereocenters. The van der Waals surface area contributed by atoms with Crippen LogP contribution in [0.4, 0.5) is 0 Å². The third-order valence-electron chi connectivity index (χ3n) is 4.44. The van der Waals surface area contributed by atoms with Gasteiger partial charge in [0, 0.05) is 12.2 Å². The van der Waals surface area contributed by atoms with Crippen LogP contribution in [0.15, 0.2) is 24.3 Å². The van der Waals surface area contributed by atoms with E-state index in [9.17, 15) is 4.79 Å². The average molecular weight is 325 g/mol. The number of carbonyl (C=O) groups is 1. The summed E-state index contributed by atoms with van der Waals surface area (Å²) in [6, 6.07) is 7.74. The number of carbonyl (C=O) groups excluding carboxylic acids is 1. The number of nitrogens with zero attached hydrogens (tertiary/aromatic N) is 3. The molecule has 0 fully saturated rings. The largest absolute Gasteiger partial charge is 0.465 e. The third kappa shape index (κ3) is 2.86. The van der Waals surface area contributed by atoms with Crippen LogP contribution < -0.4 is 0 Å². The highest BCUT2D eigenvalue weighted by Crippen LogP contribution is 2.26. The van der Waals surface area contributed by atoms with Crippen LogP contribution in [-0.4, -0.2) is 27.6 Å². The summed E-state index contributed by atoms with van der Waals surface area (Å²) in [5, 5.41) is 0. The fraction of sp³-hybridized carbons (Fsp3) is 0.421. The Morgan fingerprint density at radius 3 is 2.50 bits per heavy atom. The number of aromatic nitrogens is 3. The Kier molecular flexibility index (Phi) is 4.79. The van der Waals surface area contributed by atoms with Gasteiger partial charge < -0.3 is 9.30 Å². The van der Waals surface area contributed by atoms with Gasteiger partial charge in [-0.3, -0.25) is 0 Å². The van der Waals surface area contributed by atoms with Crippen molar-refractivity contribution in [1.29, 1.82) is 0 Å². The minimum atomic E-state index is -0.352. The van der Waals surface area contributed by atoms with Gasteiger partial charge in [-0.25, -0.2) is 14.8 Å². The Morgan fingerprint density at radius 1 is 1.12 bits per heavy atom. The van der Waals surface area contributed by atoms with Crippen molar-refractivity contribution in [3.63, 3.8) is 0 Å². The third-order valence-corrected chi connectivity index (χ3v) is 4.44. The first-order chi connectivity index (χ1) is 11.7. The van der Waals surface area contributed by atoms with E-state index < -0.39 is 0 Å². The molecule has 2 heterocycles. The van der Waals surface area contributed by atoms with Crippen LogP contribution in [-0.2, 0) is 11.3 Å². The molecule has 3 rings (SSSR count). The zero-order valence-corrected chi connectivity index (χ0v) is 14.5. The van der Waals surface area contributed by atoms with Gasteiger partial charge in [0.25, 0.3) is 0 Å². The van der Waals surface area contributed by atoms with Gasteiger partial charge in [-0.15, -0.1) is 0 Å². The van der Waals surface area contributed by atoms with Gasteiger partial charge >= 0.3 is 5.97 Å².